The van der Waals surface area contributed by atoms with Crippen molar-refractivity contribution in [3.8, 4) is 5.75 Å². The molecule has 1 amide bonds. The van der Waals surface area contributed by atoms with Gasteiger partial charge in [-0.2, -0.15) is 0 Å². The summed E-state index contributed by atoms with van der Waals surface area (Å²) in [4.78, 5) is 26.0. The SMILES string of the molecule is Cc1cc(N2CC3CC(C2)N3C(=O)C(C)Oc2ccccc2Cl)nc(C)n1. The molecule has 3 atom stereocenters. The molecule has 3 unspecified atom stereocenters. The first kappa shape index (κ1) is 18.0. The van der Waals surface area contributed by atoms with Crippen molar-refractivity contribution in [1.82, 2.24) is 14.9 Å². The van der Waals surface area contributed by atoms with E-state index in [2.05, 4.69) is 14.9 Å². The van der Waals surface area contributed by atoms with Gasteiger partial charge in [0.05, 0.1) is 17.1 Å². The van der Waals surface area contributed by atoms with Crippen molar-refractivity contribution in [3.05, 3.63) is 46.9 Å². The molecule has 3 saturated heterocycles. The van der Waals surface area contributed by atoms with Crippen LogP contribution in [0.15, 0.2) is 30.3 Å². The number of nitrogens with zero attached hydrogens (tertiary/aromatic N) is 4. The van der Waals surface area contributed by atoms with E-state index in [9.17, 15) is 4.79 Å². The number of amides is 1. The molecule has 0 saturated carbocycles. The number of rotatable bonds is 4. The largest absolute Gasteiger partial charge is 0.479 e. The number of fused-ring (bicyclic) bond motifs is 2. The van der Waals surface area contributed by atoms with Crippen LogP contribution in [0.1, 0.15) is 24.9 Å². The van der Waals surface area contributed by atoms with Crippen LogP contribution in [-0.4, -0.2) is 52.1 Å². The Morgan fingerprint density at radius 1 is 1.22 bits per heavy atom. The van der Waals surface area contributed by atoms with Gasteiger partial charge in [-0.05, 0) is 39.3 Å². The highest BCUT2D eigenvalue weighted by Crippen LogP contribution is 2.35. The molecule has 2 bridgehead atoms. The molecule has 3 aliphatic rings. The number of ether oxygens (including phenoxy) is 1. The minimum Gasteiger partial charge on any atom is -0.479 e. The average Bonchev–Trinajstić information content (AvgIpc) is 2.62. The lowest BCUT2D eigenvalue weighted by atomic mass is 9.86. The van der Waals surface area contributed by atoms with Gasteiger partial charge in [0, 0.05) is 24.8 Å². The van der Waals surface area contributed by atoms with Crippen LogP contribution < -0.4 is 9.64 Å². The molecular formula is C20H23ClN4O2. The van der Waals surface area contributed by atoms with E-state index in [1.807, 2.05) is 36.9 Å². The molecule has 7 heteroatoms. The molecule has 3 fully saturated rings. The maximum absolute atomic E-state index is 12.9. The Kier molecular flexibility index (Phi) is 4.68. The van der Waals surface area contributed by atoms with Crippen molar-refractivity contribution in [2.45, 2.75) is 45.4 Å². The van der Waals surface area contributed by atoms with E-state index >= 15 is 0 Å². The Hall–Kier alpha value is -2.34. The number of anilines is 1. The zero-order chi connectivity index (χ0) is 19.1. The number of carbonyl (C=O) groups is 1. The second kappa shape index (κ2) is 7.00. The van der Waals surface area contributed by atoms with Gasteiger partial charge in [0.1, 0.15) is 17.4 Å². The molecule has 2 aromatic rings. The molecule has 142 valence electrons. The Bertz CT molecular complexity index is 843. The molecule has 3 aliphatic heterocycles. The lowest BCUT2D eigenvalue weighted by Gasteiger charge is -2.57. The molecule has 4 heterocycles. The second-order valence-electron chi connectivity index (χ2n) is 7.30. The Balaban J connectivity index is 1.42. The molecule has 27 heavy (non-hydrogen) atoms. The van der Waals surface area contributed by atoms with E-state index in [0.717, 1.165) is 36.8 Å². The first-order valence-electron chi connectivity index (χ1n) is 9.23. The average molecular weight is 387 g/mol. The summed E-state index contributed by atoms with van der Waals surface area (Å²) in [6.07, 6.45) is 0.467. The summed E-state index contributed by atoms with van der Waals surface area (Å²) in [6.45, 7) is 7.25. The van der Waals surface area contributed by atoms with Gasteiger partial charge in [-0.15, -0.1) is 0 Å². The Morgan fingerprint density at radius 3 is 2.59 bits per heavy atom. The molecule has 1 aromatic carbocycles. The smallest absolute Gasteiger partial charge is 0.263 e. The summed E-state index contributed by atoms with van der Waals surface area (Å²) in [5.74, 6) is 2.28. The van der Waals surface area contributed by atoms with E-state index in [1.54, 1.807) is 19.1 Å². The third-order valence-electron chi connectivity index (χ3n) is 5.21. The lowest BCUT2D eigenvalue weighted by Crippen LogP contribution is -2.71. The fourth-order valence-electron chi connectivity index (χ4n) is 4.01. The number of piperazine rings is 1. The van der Waals surface area contributed by atoms with E-state index in [-0.39, 0.29) is 18.0 Å². The van der Waals surface area contributed by atoms with E-state index < -0.39 is 6.10 Å². The van der Waals surface area contributed by atoms with Gasteiger partial charge in [0.15, 0.2) is 6.10 Å². The highest BCUT2D eigenvalue weighted by molar-refractivity contribution is 6.32. The van der Waals surface area contributed by atoms with Crippen molar-refractivity contribution in [2.24, 2.45) is 0 Å². The van der Waals surface area contributed by atoms with Crippen molar-refractivity contribution in [1.29, 1.82) is 0 Å². The first-order valence-corrected chi connectivity index (χ1v) is 9.61. The number of hydrogen-bond acceptors (Lipinski definition) is 5. The first-order chi connectivity index (χ1) is 12.9. The topological polar surface area (TPSA) is 58.6 Å². The zero-order valence-electron chi connectivity index (χ0n) is 15.7. The van der Waals surface area contributed by atoms with Crippen LogP contribution >= 0.6 is 11.6 Å². The summed E-state index contributed by atoms with van der Waals surface area (Å²) in [7, 11) is 0. The maximum atomic E-state index is 12.9. The number of aryl methyl sites for hydroxylation is 2. The van der Waals surface area contributed by atoms with E-state index in [1.165, 1.54) is 0 Å². The number of aromatic nitrogens is 2. The minimum absolute atomic E-state index is 0.0193. The van der Waals surface area contributed by atoms with Crippen LogP contribution in [0.4, 0.5) is 5.82 Å². The molecule has 5 rings (SSSR count). The molecule has 0 radical (unpaired) electrons. The van der Waals surface area contributed by atoms with Crippen LogP contribution in [0.5, 0.6) is 5.75 Å². The number of halogens is 1. The third kappa shape index (κ3) is 3.46. The summed E-state index contributed by atoms with van der Waals surface area (Å²) < 4.78 is 5.81. The van der Waals surface area contributed by atoms with Gasteiger partial charge in [0.25, 0.3) is 5.91 Å². The molecule has 0 aliphatic carbocycles. The minimum atomic E-state index is -0.565. The number of para-hydroxylation sites is 1. The van der Waals surface area contributed by atoms with E-state index in [0.29, 0.717) is 10.8 Å². The van der Waals surface area contributed by atoms with Gasteiger partial charge in [-0.25, -0.2) is 9.97 Å². The fourth-order valence-corrected chi connectivity index (χ4v) is 4.19. The van der Waals surface area contributed by atoms with E-state index in [4.69, 9.17) is 16.3 Å². The Labute approximate surface area is 164 Å². The van der Waals surface area contributed by atoms with Crippen LogP contribution in [-0.2, 0) is 4.79 Å². The van der Waals surface area contributed by atoms with Gasteiger partial charge >= 0.3 is 0 Å². The predicted octanol–water partition coefficient (Wildman–Crippen LogP) is 3.00. The molecule has 1 aromatic heterocycles. The van der Waals surface area contributed by atoms with Crippen LogP contribution in [0, 0.1) is 13.8 Å². The number of carbonyl (C=O) groups excluding carboxylic acids is 1. The van der Waals surface area contributed by atoms with Gasteiger partial charge in [-0.3, -0.25) is 4.79 Å². The monoisotopic (exact) mass is 386 g/mol. The summed E-state index contributed by atoms with van der Waals surface area (Å²) in [6, 6.07) is 9.63. The number of benzene rings is 1. The summed E-state index contributed by atoms with van der Waals surface area (Å²) >= 11 is 6.14. The number of hydrogen-bond donors (Lipinski definition) is 0. The highest BCUT2D eigenvalue weighted by Gasteiger charge is 2.48. The van der Waals surface area contributed by atoms with Gasteiger partial charge in [0.2, 0.25) is 0 Å². The Morgan fingerprint density at radius 2 is 1.93 bits per heavy atom. The van der Waals surface area contributed by atoms with Crippen LogP contribution in [0.25, 0.3) is 0 Å². The molecule has 0 N–H and O–H groups in total. The normalized spacial score (nSPS) is 22.2. The lowest BCUT2D eigenvalue weighted by molar-refractivity contribution is -0.153. The molecule has 6 nitrogen and oxygen atoms in total. The third-order valence-corrected chi connectivity index (χ3v) is 5.52. The van der Waals surface area contributed by atoms with Gasteiger partial charge < -0.3 is 14.5 Å². The summed E-state index contributed by atoms with van der Waals surface area (Å²) in [5, 5.41) is 0.515. The summed E-state index contributed by atoms with van der Waals surface area (Å²) in [5.41, 5.74) is 0.964. The predicted molar refractivity (Wildman–Crippen MR) is 104 cm³/mol. The van der Waals surface area contributed by atoms with Gasteiger partial charge in [-0.1, -0.05) is 23.7 Å². The standard InChI is InChI=1S/C20H23ClN4O2/c1-12-8-19(23-14(3)22-12)24-10-15-9-16(11-24)25(15)20(26)13(2)27-18-7-5-4-6-17(18)21/h4-8,13,15-16H,9-11H2,1-3H3. The highest BCUT2D eigenvalue weighted by atomic mass is 35.5. The van der Waals surface area contributed by atoms with Crippen molar-refractivity contribution in [3.63, 3.8) is 0 Å². The van der Waals surface area contributed by atoms with Crippen molar-refractivity contribution >= 4 is 23.3 Å². The maximum Gasteiger partial charge on any atom is 0.263 e. The van der Waals surface area contributed by atoms with Crippen LogP contribution in [0.3, 0.4) is 0 Å². The second-order valence-corrected chi connectivity index (χ2v) is 7.71. The van der Waals surface area contributed by atoms with Crippen molar-refractivity contribution in [2.75, 3.05) is 18.0 Å². The molecular weight excluding hydrogens is 364 g/mol. The van der Waals surface area contributed by atoms with Crippen molar-refractivity contribution < 1.29 is 9.53 Å². The quantitative estimate of drug-likeness (QED) is 0.808. The number of piperidine rings is 1. The molecule has 0 spiro atoms. The zero-order valence-corrected chi connectivity index (χ0v) is 16.5. The fraction of sp³-hybridized carbons (Fsp3) is 0.450. The van der Waals surface area contributed by atoms with Crippen LogP contribution in [0.2, 0.25) is 5.02 Å².